The van der Waals surface area contributed by atoms with Crippen molar-refractivity contribution in [2.75, 3.05) is 19.1 Å². The average Bonchev–Trinajstić information content (AvgIpc) is 2.52. The fourth-order valence-electron chi connectivity index (χ4n) is 1.54. The maximum atomic E-state index is 11.5. The van der Waals surface area contributed by atoms with E-state index in [2.05, 4.69) is 20.9 Å². The molecule has 0 bridgehead atoms. The largest absolute Gasteiger partial charge is 0.469 e. The summed E-state index contributed by atoms with van der Waals surface area (Å²) >= 11 is 0. The molecule has 1 aromatic carbocycles. The zero-order valence-corrected chi connectivity index (χ0v) is 11.8. The second-order valence-corrected chi connectivity index (χ2v) is 4.23. The number of amides is 2. The van der Waals surface area contributed by atoms with Gasteiger partial charge in [-0.05, 0) is 31.0 Å². The number of hydrogen-bond acceptors (Lipinski definition) is 5. The van der Waals surface area contributed by atoms with Crippen molar-refractivity contribution >= 4 is 17.7 Å². The Morgan fingerprint density at radius 1 is 1.33 bits per heavy atom. The number of nitriles is 1. The van der Waals surface area contributed by atoms with Crippen molar-refractivity contribution in [1.82, 2.24) is 10.7 Å². The van der Waals surface area contributed by atoms with E-state index in [1.54, 1.807) is 24.3 Å². The fraction of sp³-hybridized carbons (Fsp3) is 0.357. The first-order valence-electron chi connectivity index (χ1n) is 6.52. The van der Waals surface area contributed by atoms with E-state index in [-0.39, 0.29) is 12.0 Å². The summed E-state index contributed by atoms with van der Waals surface area (Å²) < 4.78 is 4.51. The molecule has 0 aliphatic carbocycles. The zero-order chi connectivity index (χ0) is 15.5. The summed E-state index contributed by atoms with van der Waals surface area (Å²) in [6.45, 7) is 0.461. The minimum atomic E-state index is -0.379. The first-order valence-corrected chi connectivity index (χ1v) is 6.52. The Morgan fingerprint density at radius 3 is 2.86 bits per heavy atom. The van der Waals surface area contributed by atoms with E-state index in [1.165, 1.54) is 7.11 Å². The average molecular weight is 290 g/mol. The van der Waals surface area contributed by atoms with Crippen LogP contribution in [0.25, 0.3) is 0 Å². The second-order valence-electron chi connectivity index (χ2n) is 4.23. The van der Waals surface area contributed by atoms with Crippen molar-refractivity contribution < 1.29 is 14.3 Å². The van der Waals surface area contributed by atoms with Gasteiger partial charge in [-0.3, -0.25) is 15.6 Å². The smallest absolute Gasteiger partial charge is 0.333 e. The molecule has 0 saturated heterocycles. The van der Waals surface area contributed by atoms with Crippen LogP contribution in [-0.2, 0) is 9.53 Å². The molecule has 1 aromatic rings. The van der Waals surface area contributed by atoms with Crippen molar-refractivity contribution in [3.8, 4) is 6.07 Å². The number of anilines is 1. The molecule has 0 spiro atoms. The summed E-state index contributed by atoms with van der Waals surface area (Å²) in [5.74, 6) is -0.251. The Bertz CT molecular complexity index is 525. The number of nitrogens with one attached hydrogen (secondary N) is 3. The van der Waals surface area contributed by atoms with Gasteiger partial charge in [0, 0.05) is 13.0 Å². The van der Waals surface area contributed by atoms with Crippen LogP contribution in [0.15, 0.2) is 24.3 Å². The molecule has 0 saturated carbocycles. The summed E-state index contributed by atoms with van der Waals surface area (Å²) in [6.07, 6.45) is 1.69. The highest BCUT2D eigenvalue weighted by molar-refractivity contribution is 5.75. The van der Waals surface area contributed by atoms with Crippen LogP contribution in [0.3, 0.4) is 0 Å². The minimum absolute atomic E-state index is 0.251. The molecule has 0 aromatic heterocycles. The van der Waals surface area contributed by atoms with Crippen molar-refractivity contribution in [3.05, 3.63) is 29.8 Å². The van der Waals surface area contributed by atoms with Crippen molar-refractivity contribution in [2.45, 2.75) is 19.3 Å². The van der Waals surface area contributed by atoms with Crippen LogP contribution in [0.1, 0.15) is 24.8 Å². The van der Waals surface area contributed by atoms with E-state index in [1.807, 2.05) is 6.07 Å². The number of ether oxygens (including phenoxy) is 1. The van der Waals surface area contributed by atoms with Crippen LogP contribution >= 0.6 is 0 Å². The maximum absolute atomic E-state index is 11.5. The molecule has 0 heterocycles. The summed E-state index contributed by atoms with van der Waals surface area (Å²) in [5, 5.41) is 11.4. The molecule has 0 unspecified atom stereocenters. The van der Waals surface area contributed by atoms with E-state index >= 15 is 0 Å². The first kappa shape index (κ1) is 16.3. The number of esters is 1. The number of carbonyl (C=O) groups is 2. The van der Waals surface area contributed by atoms with Gasteiger partial charge in [0.15, 0.2) is 0 Å². The number of benzene rings is 1. The minimum Gasteiger partial charge on any atom is -0.469 e. The Morgan fingerprint density at radius 2 is 2.14 bits per heavy atom. The van der Waals surface area contributed by atoms with Gasteiger partial charge < -0.3 is 10.1 Å². The molecule has 0 atom stereocenters. The molecule has 7 nitrogen and oxygen atoms in total. The van der Waals surface area contributed by atoms with E-state index < -0.39 is 0 Å². The van der Waals surface area contributed by atoms with E-state index in [0.29, 0.717) is 37.1 Å². The third-order valence-electron chi connectivity index (χ3n) is 2.63. The summed E-state index contributed by atoms with van der Waals surface area (Å²) in [7, 11) is 1.35. The predicted octanol–water partition coefficient (Wildman–Crippen LogP) is 1.53. The maximum Gasteiger partial charge on any atom is 0.333 e. The molecule has 7 heteroatoms. The highest BCUT2D eigenvalue weighted by Gasteiger charge is 2.02. The summed E-state index contributed by atoms with van der Waals surface area (Å²) in [6, 6.07) is 8.38. The van der Waals surface area contributed by atoms with Crippen molar-refractivity contribution in [2.24, 2.45) is 0 Å². The quantitative estimate of drug-likeness (QED) is 0.401. The highest BCUT2D eigenvalue weighted by atomic mass is 16.5. The molecule has 0 radical (unpaired) electrons. The van der Waals surface area contributed by atoms with Gasteiger partial charge in [0.1, 0.15) is 0 Å². The molecular weight excluding hydrogens is 272 g/mol. The first-order chi connectivity index (χ1) is 10.2. The summed E-state index contributed by atoms with van der Waals surface area (Å²) in [4.78, 5) is 22.3. The van der Waals surface area contributed by atoms with Crippen LogP contribution in [0.5, 0.6) is 0 Å². The number of carbonyl (C=O) groups excluding carboxylic acids is 2. The molecule has 21 heavy (non-hydrogen) atoms. The standard InChI is InChI=1S/C14H18N4O3/c1-21-13(19)7-2-3-8-16-14(20)18-17-12-6-4-5-11(9-12)10-15/h4-6,9,17H,2-3,7-8H2,1H3,(H2,16,18,20). The lowest BCUT2D eigenvalue weighted by molar-refractivity contribution is -0.140. The lowest BCUT2D eigenvalue weighted by Gasteiger charge is -2.09. The summed E-state index contributed by atoms with van der Waals surface area (Å²) in [5.41, 5.74) is 6.29. The van der Waals surface area contributed by atoms with Crippen LogP contribution in [0, 0.1) is 11.3 Å². The molecule has 3 N–H and O–H groups in total. The van der Waals surface area contributed by atoms with E-state index in [9.17, 15) is 9.59 Å². The van der Waals surface area contributed by atoms with Gasteiger partial charge >= 0.3 is 12.0 Å². The van der Waals surface area contributed by atoms with Crippen molar-refractivity contribution in [3.63, 3.8) is 0 Å². The molecule has 0 fully saturated rings. The van der Waals surface area contributed by atoms with Crippen LogP contribution < -0.4 is 16.2 Å². The Kier molecular flexibility index (Phi) is 7.14. The normalized spacial score (nSPS) is 9.33. The number of methoxy groups -OCH3 is 1. The number of rotatable bonds is 7. The number of nitrogens with zero attached hydrogens (tertiary/aromatic N) is 1. The van der Waals surface area contributed by atoms with Gasteiger partial charge in [-0.25, -0.2) is 4.79 Å². The highest BCUT2D eigenvalue weighted by Crippen LogP contribution is 2.07. The lowest BCUT2D eigenvalue weighted by atomic mass is 10.2. The third-order valence-corrected chi connectivity index (χ3v) is 2.63. The fourth-order valence-corrected chi connectivity index (χ4v) is 1.54. The Hall–Kier alpha value is -2.75. The van der Waals surface area contributed by atoms with Gasteiger partial charge in [-0.15, -0.1) is 0 Å². The molecule has 112 valence electrons. The monoisotopic (exact) mass is 290 g/mol. The van der Waals surface area contributed by atoms with E-state index in [0.717, 1.165) is 0 Å². The van der Waals surface area contributed by atoms with Gasteiger partial charge in [0.25, 0.3) is 0 Å². The molecule has 0 aliphatic heterocycles. The number of hydrogen-bond donors (Lipinski definition) is 3. The third kappa shape index (κ3) is 6.82. The number of unbranched alkanes of at least 4 members (excludes halogenated alkanes) is 1. The second kappa shape index (κ2) is 9.20. The molecule has 1 rings (SSSR count). The van der Waals surface area contributed by atoms with Gasteiger partial charge in [-0.2, -0.15) is 5.26 Å². The number of hydrazine groups is 1. The molecule has 0 aliphatic rings. The van der Waals surface area contributed by atoms with Crippen LogP contribution in [0.2, 0.25) is 0 Å². The SMILES string of the molecule is COC(=O)CCCCNC(=O)NNc1cccc(C#N)c1. The van der Waals surface area contributed by atoms with Gasteiger partial charge in [0.2, 0.25) is 0 Å². The Labute approximate surface area is 123 Å². The topological polar surface area (TPSA) is 103 Å². The van der Waals surface area contributed by atoms with Gasteiger partial charge in [0.05, 0.1) is 24.4 Å². The van der Waals surface area contributed by atoms with E-state index in [4.69, 9.17) is 5.26 Å². The molecule has 2 amide bonds. The van der Waals surface area contributed by atoms with Gasteiger partial charge in [-0.1, -0.05) is 6.07 Å². The van der Waals surface area contributed by atoms with Crippen molar-refractivity contribution in [1.29, 1.82) is 5.26 Å². The number of urea groups is 1. The Balaban J connectivity index is 2.16. The predicted molar refractivity (Wildman–Crippen MR) is 77.2 cm³/mol. The van der Waals surface area contributed by atoms with Crippen LogP contribution in [-0.4, -0.2) is 25.7 Å². The molecular formula is C14H18N4O3. The van der Waals surface area contributed by atoms with Crippen LogP contribution in [0.4, 0.5) is 10.5 Å². The zero-order valence-electron chi connectivity index (χ0n) is 11.8. The lowest BCUT2D eigenvalue weighted by Crippen LogP contribution is -2.39.